The summed E-state index contributed by atoms with van der Waals surface area (Å²) in [4.78, 5) is 7.95. The second kappa shape index (κ2) is 5.52. The minimum Gasteiger partial charge on any atom is -0.368 e. The Kier molecular flexibility index (Phi) is 3.99. The van der Waals surface area contributed by atoms with Crippen LogP contribution in [0.1, 0.15) is 16.7 Å². The van der Waals surface area contributed by atoms with E-state index in [0.717, 1.165) is 10.0 Å². The molecule has 0 aliphatic rings. The Bertz CT molecular complexity index is 593. The minimum absolute atomic E-state index is 0.156. The summed E-state index contributed by atoms with van der Waals surface area (Å²) >= 11 is 3.34. The molecule has 3 N–H and O–H groups in total. The zero-order valence-electron chi connectivity index (χ0n) is 10.7. The van der Waals surface area contributed by atoms with Gasteiger partial charge in [0.2, 0.25) is 5.95 Å². The number of nitrogen functional groups attached to an aromatic ring is 1. The summed E-state index contributed by atoms with van der Waals surface area (Å²) in [6, 6.07) is 3.63. The number of nitrogens with two attached hydrogens (primary N) is 1. The fraction of sp³-hybridized carbons (Fsp3) is 0.231. The molecular formula is C13H14BrFN4. The summed E-state index contributed by atoms with van der Waals surface area (Å²) in [5, 5.41) is 3.14. The maximum absolute atomic E-state index is 13.5. The van der Waals surface area contributed by atoms with E-state index < -0.39 is 0 Å². The number of hydrogen-bond acceptors (Lipinski definition) is 4. The van der Waals surface area contributed by atoms with Crippen molar-refractivity contribution in [2.75, 3.05) is 11.1 Å². The molecule has 2 rings (SSSR count). The molecular weight excluding hydrogens is 311 g/mol. The van der Waals surface area contributed by atoms with Gasteiger partial charge in [0.1, 0.15) is 11.6 Å². The van der Waals surface area contributed by atoms with Crippen LogP contribution in [0.5, 0.6) is 0 Å². The number of halogens is 2. The van der Waals surface area contributed by atoms with Gasteiger partial charge in [0.15, 0.2) is 0 Å². The van der Waals surface area contributed by atoms with Gasteiger partial charge in [-0.3, -0.25) is 0 Å². The van der Waals surface area contributed by atoms with E-state index in [9.17, 15) is 4.39 Å². The second-order valence-electron chi connectivity index (χ2n) is 4.32. The van der Waals surface area contributed by atoms with Gasteiger partial charge in [-0.2, -0.15) is 4.98 Å². The van der Waals surface area contributed by atoms with Crippen molar-refractivity contribution < 1.29 is 4.39 Å². The topological polar surface area (TPSA) is 63.8 Å². The van der Waals surface area contributed by atoms with Gasteiger partial charge in [-0.05, 0) is 46.5 Å². The molecule has 0 aliphatic carbocycles. The Labute approximate surface area is 119 Å². The van der Waals surface area contributed by atoms with Gasteiger partial charge < -0.3 is 11.1 Å². The number of hydrogen-bond donors (Lipinski definition) is 2. The number of nitrogens with one attached hydrogen (secondary N) is 1. The quantitative estimate of drug-likeness (QED) is 0.910. The summed E-state index contributed by atoms with van der Waals surface area (Å²) in [6.07, 6.45) is 1.59. The van der Waals surface area contributed by atoms with Crippen LogP contribution in [0.15, 0.2) is 22.8 Å². The summed E-state index contributed by atoms with van der Waals surface area (Å²) in [6.45, 7) is 4.05. The van der Waals surface area contributed by atoms with Crippen LogP contribution in [-0.2, 0) is 6.54 Å². The van der Waals surface area contributed by atoms with Gasteiger partial charge in [0.05, 0.1) is 4.47 Å². The van der Waals surface area contributed by atoms with Crippen LogP contribution in [0, 0.1) is 19.7 Å². The summed E-state index contributed by atoms with van der Waals surface area (Å²) in [5.41, 5.74) is 7.79. The van der Waals surface area contributed by atoms with Crippen LogP contribution in [0.4, 0.5) is 16.2 Å². The lowest BCUT2D eigenvalue weighted by atomic mass is 10.1. The highest BCUT2D eigenvalue weighted by Gasteiger charge is 2.06. The Morgan fingerprint density at radius 3 is 2.58 bits per heavy atom. The highest BCUT2D eigenvalue weighted by Crippen LogP contribution is 2.21. The molecule has 6 heteroatoms. The molecule has 0 unspecified atom stereocenters. The number of aryl methyl sites for hydroxylation is 2. The predicted molar refractivity (Wildman–Crippen MR) is 77.3 cm³/mol. The van der Waals surface area contributed by atoms with Gasteiger partial charge in [-0.25, -0.2) is 9.37 Å². The van der Waals surface area contributed by atoms with Gasteiger partial charge in [-0.15, -0.1) is 0 Å². The Hall–Kier alpha value is -1.69. The molecule has 0 atom stereocenters. The molecule has 0 aliphatic heterocycles. The maximum Gasteiger partial charge on any atom is 0.221 e. The van der Waals surface area contributed by atoms with Gasteiger partial charge in [-0.1, -0.05) is 12.1 Å². The van der Waals surface area contributed by atoms with Crippen molar-refractivity contribution in [3.05, 3.63) is 45.3 Å². The first kappa shape index (κ1) is 13.7. The monoisotopic (exact) mass is 324 g/mol. The van der Waals surface area contributed by atoms with Gasteiger partial charge in [0.25, 0.3) is 0 Å². The van der Waals surface area contributed by atoms with Crippen LogP contribution < -0.4 is 11.1 Å². The molecule has 0 fully saturated rings. The van der Waals surface area contributed by atoms with Crippen LogP contribution >= 0.6 is 15.9 Å². The molecule has 4 nitrogen and oxygen atoms in total. The van der Waals surface area contributed by atoms with Crippen molar-refractivity contribution in [3.8, 4) is 0 Å². The zero-order chi connectivity index (χ0) is 14.0. The minimum atomic E-state index is -0.156. The summed E-state index contributed by atoms with van der Waals surface area (Å²) in [7, 11) is 0. The van der Waals surface area contributed by atoms with Crippen LogP contribution in [0.3, 0.4) is 0 Å². The van der Waals surface area contributed by atoms with Crippen molar-refractivity contribution in [1.29, 1.82) is 0 Å². The predicted octanol–water partition coefficient (Wildman–Crippen LogP) is 3.19. The lowest BCUT2D eigenvalue weighted by Gasteiger charge is -2.10. The molecule has 2 aromatic rings. The average molecular weight is 325 g/mol. The zero-order valence-corrected chi connectivity index (χ0v) is 12.3. The van der Waals surface area contributed by atoms with E-state index in [1.807, 2.05) is 12.1 Å². The second-order valence-corrected chi connectivity index (χ2v) is 5.18. The Morgan fingerprint density at radius 2 is 1.95 bits per heavy atom. The first-order valence-electron chi connectivity index (χ1n) is 5.75. The first-order chi connectivity index (χ1) is 8.97. The molecule has 0 bridgehead atoms. The van der Waals surface area contributed by atoms with E-state index in [4.69, 9.17) is 5.73 Å². The molecule has 1 aromatic carbocycles. The third-order valence-corrected chi connectivity index (χ3v) is 3.30. The van der Waals surface area contributed by atoms with Crippen molar-refractivity contribution in [1.82, 2.24) is 9.97 Å². The van der Waals surface area contributed by atoms with Crippen molar-refractivity contribution in [2.45, 2.75) is 20.4 Å². The molecule has 0 amide bonds. The van der Waals surface area contributed by atoms with Crippen molar-refractivity contribution in [3.63, 3.8) is 0 Å². The van der Waals surface area contributed by atoms with Crippen molar-refractivity contribution in [2.24, 2.45) is 0 Å². The SMILES string of the molecule is Cc1cc(CNc2nc(N)ncc2Br)cc(C)c1F. The smallest absolute Gasteiger partial charge is 0.221 e. The van der Waals surface area contributed by atoms with Gasteiger partial charge in [0, 0.05) is 12.7 Å². The van der Waals surface area contributed by atoms with Crippen LogP contribution in [0.25, 0.3) is 0 Å². The van der Waals surface area contributed by atoms with Crippen LogP contribution in [-0.4, -0.2) is 9.97 Å². The van der Waals surface area contributed by atoms with Gasteiger partial charge >= 0.3 is 0 Å². The van der Waals surface area contributed by atoms with E-state index in [1.165, 1.54) is 0 Å². The fourth-order valence-corrected chi connectivity index (χ4v) is 2.16. The number of aromatic nitrogens is 2. The Balaban J connectivity index is 2.17. The molecule has 0 saturated heterocycles. The highest BCUT2D eigenvalue weighted by molar-refractivity contribution is 9.10. The van der Waals surface area contributed by atoms with E-state index in [2.05, 4.69) is 31.2 Å². The molecule has 0 spiro atoms. The molecule has 19 heavy (non-hydrogen) atoms. The molecule has 1 heterocycles. The lowest BCUT2D eigenvalue weighted by molar-refractivity contribution is 0.608. The number of anilines is 2. The summed E-state index contributed by atoms with van der Waals surface area (Å²) < 4.78 is 14.3. The normalized spacial score (nSPS) is 10.5. The Morgan fingerprint density at radius 1 is 1.32 bits per heavy atom. The van der Waals surface area contributed by atoms with E-state index in [-0.39, 0.29) is 11.8 Å². The largest absolute Gasteiger partial charge is 0.368 e. The molecule has 1 aromatic heterocycles. The standard InChI is InChI=1S/C13H14BrFN4/c1-7-3-9(4-8(2)11(7)15)5-17-12-10(14)6-18-13(16)19-12/h3-4,6H,5H2,1-2H3,(H3,16,17,18,19). The number of benzene rings is 1. The lowest BCUT2D eigenvalue weighted by Crippen LogP contribution is -2.06. The molecule has 100 valence electrons. The van der Waals surface area contributed by atoms with Crippen LogP contribution in [0.2, 0.25) is 0 Å². The fourth-order valence-electron chi connectivity index (χ4n) is 1.83. The maximum atomic E-state index is 13.5. The molecule has 0 radical (unpaired) electrons. The van der Waals surface area contributed by atoms with E-state index in [0.29, 0.717) is 23.5 Å². The van der Waals surface area contributed by atoms with Crippen molar-refractivity contribution >= 4 is 27.7 Å². The first-order valence-corrected chi connectivity index (χ1v) is 6.54. The summed E-state index contributed by atoms with van der Waals surface area (Å²) in [5.74, 6) is 0.667. The number of nitrogens with zero attached hydrogens (tertiary/aromatic N) is 2. The third-order valence-electron chi connectivity index (χ3n) is 2.72. The third kappa shape index (κ3) is 3.20. The number of rotatable bonds is 3. The van der Waals surface area contributed by atoms with E-state index in [1.54, 1.807) is 20.0 Å². The molecule has 0 saturated carbocycles. The highest BCUT2D eigenvalue weighted by atomic mass is 79.9. The van der Waals surface area contributed by atoms with E-state index >= 15 is 0 Å². The average Bonchev–Trinajstić information content (AvgIpc) is 2.37.